The highest BCUT2D eigenvalue weighted by atomic mass is 16.7. The van der Waals surface area contributed by atoms with E-state index in [1.165, 1.54) is 7.11 Å². The number of carbonyl (C=O) groups excluding carboxylic acids is 2. The van der Waals surface area contributed by atoms with E-state index in [9.17, 15) is 9.59 Å². The second-order valence-electron chi connectivity index (χ2n) is 6.14. The van der Waals surface area contributed by atoms with Crippen molar-refractivity contribution in [1.82, 2.24) is 0 Å². The van der Waals surface area contributed by atoms with Gasteiger partial charge in [0.1, 0.15) is 6.29 Å². The molecule has 0 radical (unpaired) electrons. The molecule has 0 spiro atoms. The number of carbonyl (C=O) groups is 2. The third kappa shape index (κ3) is 3.54. The fraction of sp³-hybridized carbons (Fsp3) is 0.857. The van der Waals surface area contributed by atoms with Crippen LogP contribution in [0, 0.1) is 11.3 Å². The molecule has 0 aliphatic carbocycles. The van der Waals surface area contributed by atoms with E-state index >= 15 is 0 Å². The van der Waals surface area contributed by atoms with Crippen molar-refractivity contribution in [2.24, 2.45) is 11.3 Å². The molecule has 19 heavy (non-hydrogen) atoms. The van der Waals surface area contributed by atoms with Crippen LogP contribution in [0.2, 0.25) is 0 Å². The van der Waals surface area contributed by atoms with Gasteiger partial charge in [0.2, 0.25) is 0 Å². The van der Waals surface area contributed by atoms with E-state index in [-0.39, 0.29) is 30.5 Å². The van der Waals surface area contributed by atoms with Crippen LogP contribution < -0.4 is 0 Å². The minimum Gasteiger partial charge on any atom is -0.469 e. The fourth-order valence-electron chi connectivity index (χ4n) is 2.56. The molecule has 0 aromatic carbocycles. The van der Waals surface area contributed by atoms with E-state index in [1.54, 1.807) is 13.8 Å². The van der Waals surface area contributed by atoms with Gasteiger partial charge in [-0.2, -0.15) is 0 Å². The summed E-state index contributed by atoms with van der Waals surface area (Å²) >= 11 is 0. The molecule has 1 aliphatic heterocycles. The molecule has 0 N–H and O–H groups in total. The highest BCUT2D eigenvalue weighted by Crippen LogP contribution is 2.43. The smallest absolute Gasteiger partial charge is 0.308 e. The summed E-state index contributed by atoms with van der Waals surface area (Å²) in [5.74, 6) is -1.41. The van der Waals surface area contributed by atoms with Crippen LogP contribution in [0.4, 0.5) is 0 Å². The van der Waals surface area contributed by atoms with Gasteiger partial charge in [-0.3, -0.25) is 4.79 Å². The van der Waals surface area contributed by atoms with Gasteiger partial charge in [-0.05, 0) is 13.8 Å². The Labute approximate surface area is 114 Å². The number of rotatable bonds is 4. The van der Waals surface area contributed by atoms with Crippen LogP contribution in [0.1, 0.15) is 41.0 Å². The third-order valence-electron chi connectivity index (χ3n) is 3.67. The summed E-state index contributed by atoms with van der Waals surface area (Å²) in [6.45, 7) is 9.28. The van der Waals surface area contributed by atoms with Crippen molar-refractivity contribution in [2.45, 2.75) is 59.0 Å². The van der Waals surface area contributed by atoms with Gasteiger partial charge < -0.3 is 19.0 Å². The molecule has 1 aliphatic rings. The average molecular weight is 272 g/mol. The summed E-state index contributed by atoms with van der Waals surface area (Å²) in [6, 6.07) is 0. The van der Waals surface area contributed by atoms with Crippen molar-refractivity contribution in [3.63, 3.8) is 0 Å². The molecule has 110 valence electrons. The largest absolute Gasteiger partial charge is 0.469 e. The Morgan fingerprint density at radius 2 is 1.89 bits per heavy atom. The Hall–Kier alpha value is -0.940. The zero-order chi connectivity index (χ0) is 14.8. The van der Waals surface area contributed by atoms with Crippen molar-refractivity contribution < 1.29 is 23.8 Å². The maximum atomic E-state index is 11.5. The summed E-state index contributed by atoms with van der Waals surface area (Å²) in [4.78, 5) is 22.6. The van der Waals surface area contributed by atoms with Gasteiger partial charge in [0.05, 0.1) is 25.7 Å². The summed E-state index contributed by atoms with van der Waals surface area (Å²) in [5.41, 5.74) is -0.454. The first-order valence-electron chi connectivity index (χ1n) is 6.52. The van der Waals surface area contributed by atoms with E-state index in [0.29, 0.717) is 0 Å². The number of hydrogen-bond acceptors (Lipinski definition) is 5. The first-order valence-corrected chi connectivity index (χ1v) is 6.52. The van der Waals surface area contributed by atoms with E-state index in [1.807, 2.05) is 20.8 Å². The lowest BCUT2D eigenvalue weighted by Crippen LogP contribution is -2.58. The van der Waals surface area contributed by atoms with Gasteiger partial charge in [0.25, 0.3) is 0 Å². The molecule has 5 heteroatoms. The molecule has 1 fully saturated rings. The predicted molar refractivity (Wildman–Crippen MR) is 69.5 cm³/mol. The zero-order valence-electron chi connectivity index (χ0n) is 12.6. The minimum atomic E-state index is -0.823. The van der Waals surface area contributed by atoms with Gasteiger partial charge in [-0.15, -0.1) is 0 Å². The van der Waals surface area contributed by atoms with Crippen molar-refractivity contribution in [2.75, 3.05) is 7.11 Å². The lowest BCUT2D eigenvalue weighted by molar-refractivity contribution is -0.347. The molecule has 0 bridgehead atoms. The Bertz CT molecular complexity index is 348. The zero-order valence-corrected chi connectivity index (χ0v) is 12.6. The summed E-state index contributed by atoms with van der Waals surface area (Å²) < 4.78 is 16.4. The Morgan fingerprint density at radius 3 is 2.37 bits per heavy atom. The first kappa shape index (κ1) is 16.1. The number of ether oxygens (including phenoxy) is 3. The number of methoxy groups -OCH3 is 1. The molecule has 1 heterocycles. The van der Waals surface area contributed by atoms with Gasteiger partial charge in [-0.1, -0.05) is 20.8 Å². The second kappa shape index (κ2) is 5.59. The Kier molecular flexibility index (Phi) is 4.74. The molecular weight excluding hydrogens is 248 g/mol. The quantitative estimate of drug-likeness (QED) is 0.578. The van der Waals surface area contributed by atoms with Crippen LogP contribution in [0.15, 0.2) is 0 Å². The molecular formula is C14H24O5. The van der Waals surface area contributed by atoms with Gasteiger partial charge in [0, 0.05) is 11.3 Å². The molecule has 3 atom stereocenters. The third-order valence-corrected chi connectivity index (χ3v) is 3.67. The summed E-state index contributed by atoms with van der Waals surface area (Å²) in [6.07, 6.45) is 0.376. The normalized spacial score (nSPS) is 30.4. The minimum absolute atomic E-state index is 0.151. The van der Waals surface area contributed by atoms with Gasteiger partial charge in [0.15, 0.2) is 5.79 Å². The Balaban J connectivity index is 3.01. The first-order chi connectivity index (χ1) is 8.64. The lowest BCUT2D eigenvalue weighted by atomic mass is 9.73. The van der Waals surface area contributed by atoms with E-state index in [4.69, 9.17) is 14.2 Å². The van der Waals surface area contributed by atoms with E-state index < -0.39 is 11.2 Å². The molecule has 0 aromatic heterocycles. The second-order valence-corrected chi connectivity index (χ2v) is 6.14. The van der Waals surface area contributed by atoms with Crippen molar-refractivity contribution in [1.29, 1.82) is 0 Å². The maximum absolute atomic E-state index is 11.5. The van der Waals surface area contributed by atoms with Crippen LogP contribution in [-0.4, -0.2) is 37.4 Å². The fourth-order valence-corrected chi connectivity index (χ4v) is 2.56. The maximum Gasteiger partial charge on any atom is 0.308 e. The van der Waals surface area contributed by atoms with Crippen molar-refractivity contribution in [3.05, 3.63) is 0 Å². The summed E-state index contributed by atoms with van der Waals surface area (Å²) in [7, 11) is 1.35. The standard InChI is InChI=1S/C14H24O5/c1-9(8-15)12-13(2,3)10(7-11(16)17-6)18-14(4,5)19-12/h8-10,12H,7H2,1-6H3/t9-,10+,12+/m1/s1. The lowest BCUT2D eigenvalue weighted by Gasteiger charge is -2.51. The van der Waals surface area contributed by atoms with Crippen LogP contribution in [0.25, 0.3) is 0 Å². The van der Waals surface area contributed by atoms with E-state index in [0.717, 1.165) is 6.29 Å². The molecule has 0 amide bonds. The highest BCUT2D eigenvalue weighted by molar-refractivity contribution is 5.70. The number of aldehydes is 1. The van der Waals surface area contributed by atoms with E-state index in [2.05, 4.69) is 0 Å². The van der Waals surface area contributed by atoms with Crippen LogP contribution in [-0.2, 0) is 23.8 Å². The molecule has 1 saturated heterocycles. The predicted octanol–water partition coefficient (Wildman–Crippen LogP) is 1.93. The molecule has 0 saturated carbocycles. The van der Waals surface area contributed by atoms with Crippen LogP contribution in [0.3, 0.4) is 0 Å². The average Bonchev–Trinajstić information content (AvgIpc) is 2.32. The Morgan fingerprint density at radius 1 is 1.32 bits per heavy atom. The molecule has 1 rings (SSSR count). The van der Waals surface area contributed by atoms with Crippen molar-refractivity contribution >= 4 is 12.3 Å². The summed E-state index contributed by atoms with van der Waals surface area (Å²) in [5, 5.41) is 0. The van der Waals surface area contributed by atoms with Gasteiger partial charge >= 0.3 is 5.97 Å². The molecule has 0 unspecified atom stereocenters. The highest BCUT2D eigenvalue weighted by Gasteiger charge is 2.51. The SMILES string of the molecule is COC(=O)C[C@@H]1OC(C)(C)O[C@@H]([C@H](C)C=O)C1(C)C. The van der Waals surface area contributed by atoms with Crippen LogP contribution >= 0.6 is 0 Å². The number of hydrogen-bond donors (Lipinski definition) is 0. The monoisotopic (exact) mass is 272 g/mol. The van der Waals surface area contributed by atoms with Gasteiger partial charge in [-0.25, -0.2) is 0 Å². The topological polar surface area (TPSA) is 61.8 Å². The molecule has 0 aromatic rings. The van der Waals surface area contributed by atoms with Crippen molar-refractivity contribution in [3.8, 4) is 0 Å². The molecule has 5 nitrogen and oxygen atoms in total. The van der Waals surface area contributed by atoms with Crippen LogP contribution in [0.5, 0.6) is 0 Å². The number of esters is 1.